The van der Waals surface area contributed by atoms with Gasteiger partial charge in [-0.05, 0) is 32.9 Å². The number of halogens is 1. The molecule has 0 heterocycles. The second kappa shape index (κ2) is 8.03. The third-order valence-corrected chi connectivity index (χ3v) is 5.20. The molecule has 0 saturated carbocycles. The first-order valence-electron chi connectivity index (χ1n) is 8.24. The maximum absolute atomic E-state index is 14.0. The molecule has 0 aliphatic heterocycles. The molecule has 0 spiro atoms. The van der Waals surface area contributed by atoms with Crippen molar-refractivity contribution in [3.05, 3.63) is 58.4 Å². The maximum Gasteiger partial charge on any atom is 0.429 e. The van der Waals surface area contributed by atoms with Crippen molar-refractivity contribution < 1.29 is 32.0 Å². The number of benzene rings is 2. The van der Waals surface area contributed by atoms with Gasteiger partial charge in [-0.1, -0.05) is 18.2 Å². The molecule has 0 fully saturated rings. The minimum Gasteiger partial charge on any atom is -0.494 e. The van der Waals surface area contributed by atoms with Crippen molar-refractivity contribution in [2.45, 2.75) is 31.3 Å². The Morgan fingerprint density at radius 1 is 1.17 bits per heavy atom. The molecule has 0 saturated heterocycles. The summed E-state index contributed by atoms with van der Waals surface area (Å²) in [6.45, 7) is 4.55. The van der Waals surface area contributed by atoms with Gasteiger partial charge in [-0.15, -0.1) is 0 Å². The summed E-state index contributed by atoms with van der Waals surface area (Å²) >= 11 is 0. The summed E-state index contributed by atoms with van der Waals surface area (Å²) in [5, 5.41) is 11.2. The van der Waals surface area contributed by atoms with Crippen LogP contribution in [-0.4, -0.2) is 32.1 Å². The van der Waals surface area contributed by atoms with E-state index in [1.807, 2.05) is 0 Å². The highest BCUT2D eigenvalue weighted by molar-refractivity contribution is 7.93. The average Bonchev–Trinajstić information content (AvgIpc) is 2.61. The number of carbonyl (C=O) groups excluding carboxylic acids is 1. The van der Waals surface area contributed by atoms with Crippen LogP contribution in [0.5, 0.6) is 5.75 Å². The molecule has 0 radical (unpaired) electrons. The minimum atomic E-state index is -4.58. The van der Waals surface area contributed by atoms with Gasteiger partial charge >= 0.3 is 11.8 Å². The molecule has 29 heavy (non-hydrogen) atoms. The molecule has 11 heteroatoms. The molecule has 2 aromatic rings. The van der Waals surface area contributed by atoms with Gasteiger partial charge in [0.25, 0.3) is 10.0 Å². The first-order valence-corrected chi connectivity index (χ1v) is 9.68. The molecule has 0 aromatic heterocycles. The highest BCUT2D eigenvalue weighted by Crippen LogP contribution is 2.38. The number of nitro groups is 1. The molecule has 2 rings (SSSR count). The standard InChI is InChI=1S/C18H19FN2O7S/c1-18(2,3)28-17(22)20(29(25,26)12-8-6-5-7-9-12)15-11-14(21(23)24)13(19)10-16(15)27-4/h5-11H,1-4H3. The first-order chi connectivity index (χ1) is 13.4. The quantitative estimate of drug-likeness (QED) is 0.526. The normalized spacial score (nSPS) is 11.6. The Morgan fingerprint density at radius 3 is 2.24 bits per heavy atom. The van der Waals surface area contributed by atoms with Crippen molar-refractivity contribution >= 4 is 27.5 Å². The van der Waals surface area contributed by atoms with E-state index in [1.54, 1.807) is 6.07 Å². The predicted molar refractivity (Wildman–Crippen MR) is 102 cm³/mol. The van der Waals surface area contributed by atoms with E-state index < -0.39 is 49.6 Å². The molecule has 0 aliphatic rings. The smallest absolute Gasteiger partial charge is 0.429 e. The van der Waals surface area contributed by atoms with E-state index >= 15 is 0 Å². The van der Waals surface area contributed by atoms with Crippen molar-refractivity contribution in [3.8, 4) is 5.75 Å². The number of sulfonamides is 1. The summed E-state index contributed by atoms with van der Waals surface area (Å²) in [4.78, 5) is 22.7. The Kier molecular flexibility index (Phi) is 6.12. The van der Waals surface area contributed by atoms with Crippen LogP contribution < -0.4 is 9.04 Å². The van der Waals surface area contributed by atoms with Gasteiger partial charge in [0.2, 0.25) is 5.82 Å². The van der Waals surface area contributed by atoms with Crippen LogP contribution in [0.25, 0.3) is 0 Å². The van der Waals surface area contributed by atoms with Crippen LogP contribution in [-0.2, 0) is 14.8 Å². The number of nitrogens with zero attached hydrogens (tertiary/aromatic N) is 2. The average molecular weight is 426 g/mol. The zero-order chi connectivity index (χ0) is 22.0. The van der Waals surface area contributed by atoms with E-state index in [-0.39, 0.29) is 9.20 Å². The van der Waals surface area contributed by atoms with E-state index in [1.165, 1.54) is 45.0 Å². The fraction of sp³-hybridized carbons (Fsp3) is 0.278. The molecule has 0 bridgehead atoms. The lowest BCUT2D eigenvalue weighted by molar-refractivity contribution is -0.387. The molecule has 0 unspecified atom stereocenters. The SMILES string of the molecule is COc1cc(F)c([N+](=O)[O-])cc1N(C(=O)OC(C)(C)C)S(=O)(=O)c1ccccc1. The Balaban J connectivity index is 2.80. The van der Waals surface area contributed by atoms with Gasteiger partial charge in [0, 0.05) is 12.1 Å². The monoisotopic (exact) mass is 426 g/mol. The van der Waals surface area contributed by atoms with Crippen LogP contribution in [0.2, 0.25) is 0 Å². The minimum absolute atomic E-state index is 0.221. The number of methoxy groups -OCH3 is 1. The van der Waals surface area contributed by atoms with Crippen molar-refractivity contribution in [2.75, 3.05) is 11.4 Å². The molecule has 0 N–H and O–H groups in total. The predicted octanol–water partition coefficient (Wildman–Crippen LogP) is 3.87. The van der Waals surface area contributed by atoms with Gasteiger partial charge in [0.15, 0.2) is 0 Å². The Hall–Kier alpha value is -3.21. The van der Waals surface area contributed by atoms with E-state index in [2.05, 4.69) is 0 Å². The summed E-state index contributed by atoms with van der Waals surface area (Å²) in [5.74, 6) is -1.66. The van der Waals surface area contributed by atoms with Gasteiger partial charge in [-0.25, -0.2) is 13.2 Å². The van der Waals surface area contributed by atoms with Crippen LogP contribution in [0.3, 0.4) is 0 Å². The number of anilines is 1. The van der Waals surface area contributed by atoms with E-state index in [0.717, 1.165) is 7.11 Å². The topological polar surface area (TPSA) is 116 Å². The lowest BCUT2D eigenvalue weighted by Gasteiger charge is -2.27. The second-order valence-electron chi connectivity index (χ2n) is 6.80. The third-order valence-electron chi connectivity index (χ3n) is 3.50. The van der Waals surface area contributed by atoms with E-state index in [0.29, 0.717) is 12.1 Å². The summed E-state index contributed by atoms with van der Waals surface area (Å²) in [5.41, 5.74) is -2.67. The summed E-state index contributed by atoms with van der Waals surface area (Å²) in [6, 6.07) is 8.15. The number of rotatable bonds is 5. The van der Waals surface area contributed by atoms with Gasteiger partial charge in [0.05, 0.1) is 16.9 Å². The number of carbonyl (C=O) groups is 1. The molecular formula is C18H19FN2O7S. The molecule has 1 amide bonds. The number of ether oxygens (including phenoxy) is 2. The van der Waals surface area contributed by atoms with Gasteiger partial charge in [-0.2, -0.15) is 8.70 Å². The molecule has 9 nitrogen and oxygen atoms in total. The highest BCUT2D eigenvalue weighted by Gasteiger charge is 2.38. The Bertz CT molecular complexity index is 1030. The molecule has 0 atom stereocenters. The third kappa shape index (κ3) is 4.80. The van der Waals surface area contributed by atoms with E-state index in [4.69, 9.17) is 9.47 Å². The number of nitro benzene ring substituents is 1. The Labute approximate surface area is 166 Å². The van der Waals surface area contributed by atoms with Crippen LogP contribution in [0.4, 0.5) is 20.6 Å². The molecule has 2 aromatic carbocycles. The van der Waals surface area contributed by atoms with Crippen molar-refractivity contribution in [3.63, 3.8) is 0 Å². The second-order valence-corrected chi connectivity index (χ2v) is 8.58. The molecule has 156 valence electrons. The first kappa shape index (κ1) is 22.1. The maximum atomic E-state index is 14.0. The van der Waals surface area contributed by atoms with Crippen LogP contribution >= 0.6 is 0 Å². The van der Waals surface area contributed by atoms with Crippen molar-refractivity contribution in [1.29, 1.82) is 0 Å². The van der Waals surface area contributed by atoms with Crippen molar-refractivity contribution in [1.82, 2.24) is 0 Å². The fourth-order valence-corrected chi connectivity index (χ4v) is 3.67. The van der Waals surface area contributed by atoms with Gasteiger partial charge in [0.1, 0.15) is 17.0 Å². The van der Waals surface area contributed by atoms with Crippen molar-refractivity contribution in [2.24, 2.45) is 0 Å². The summed E-state index contributed by atoms with van der Waals surface area (Å²) in [6.07, 6.45) is -1.33. The fourth-order valence-electron chi connectivity index (χ4n) is 2.32. The molecule has 0 aliphatic carbocycles. The number of hydrogen-bond acceptors (Lipinski definition) is 7. The lowest BCUT2D eigenvalue weighted by Crippen LogP contribution is -2.41. The number of hydrogen-bond donors (Lipinski definition) is 0. The van der Waals surface area contributed by atoms with Crippen LogP contribution in [0, 0.1) is 15.9 Å². The lowest BCUT2D eigenvalue weighted by atomic mass is 10.2. The van der Waals surface area contributed by atoms with Crippen LogP contribution in [0.15, 0.2) is 47.4 Å². The summed E-state index contributed by atoms with van der Waals surface area (Å²) in [7, 11) is -3.48. The number of amides is 1. The summed E-state index contributed by atoms with van der Waals surface area (Å²) < 4.78 is 50.8. The zero-order valence-corrected chi connectivity index (χ0v) is 16.9. The van der Waals surface area contributed by atoms with Crippen LogP contribution in [0.1, 0.15) is 20.8 Å². The highest BCUT2D eigenvalue weighted by atomic mass is 32.2. The molecular weight excluding hydrogens is 407 g/mol. The zero-order valence-electron chi connectivity index (χ0n) is 16.1. The van der Waals surface area contributed by atoms with Gasteiger partial charge < -0.3 is 9.47 Å². The largest absolute Gasteiger partial charge is 0.494 e. The Morgan fingerprint density at radius 2 is 1.76 bits per heavy atom. The van der Waals surface area contributed by atoms with Gasteiger partial charge in [-0.3, -0.25) is 10.1 Å². The van der Waals surface area contributed by atoms with E-state index in [9.17, 15) is 27.7 Å².